The Morgan fingerprint density at radius 3 is 2.61 bits per heavy atom. The lowest BCUT2D eigenvalue weighted by Crippen LogP contribution is -2.49. The molecule has 28 heavy (non-hydrogen) atoms. The van der Waals surface area contributed by atoms with Crippen LogP contribution in [0, 0.1) is 0 Å². The zero-order chi connectivity index (χ0) is 19.8. The molecule has 6 nitrogen and oxygen atoms in total. The maximum atomic E-state index is 12.3. The van der Waals surface area contributed by atoms with E-state index >= 15 is 0 Å². The molecule has 2 heterocycles. The largest absolute Gasteiger partial charge is 0.454 e. The fourth-order valence-electron chi connectivity index (χ4n) is 3.88. The molecule has 1 saturated heterocycles. The van der Waals surface area contributed by atoms with E-state index in [-0.39, 0.29) is 11.9 Å². The molecule has 1 aromatic carbocycles. The SMILES string of the molecule is CCCCCC[C@H](C)NC(=O)CN1CCN(Cc2ccc3c(c2)OCO3)CC1. The van der Waals surface area contributed by atoms with Gasteiger partial charge in [-0.2, -0.15) is 0 Å². The topological polar surface area (TPSA) is 54.0 Å². The summed E-state index contributed by atoms with van der Waals surface area (Å²) in [6.45, 7) is 9.90. The highest BCUT2D eigenvalue weighted by Gasteiger charge is 2.20. The first-order valence-electron chi connectivity index (χ1n) is 10.8. The van der Waals surface area contributed by atoms with Gasteiger partial charge in [0.25, 0.3) is 0 Å². The van der Waals surface area contributed by atoms with Gasteiger partial charge in [-0.15, -0.1) is 0 Å². The number of benzene rings is 1. The van der Waals surface area contributed by atoms with Gasteiger partial charge >= 0.3 is 0 Å². The fourth-order valence-corrected chi connectivity index (χ4v) is 3.88. The summed E-state index contributed by atoms with van der Waals surface area (Å²) in [6.07, 6.45) is 6.09. The van der Waals surface area contributed by atoms with Crippen LogP contribution in [-0.4, -0.2) is 61.3 Å². The summed E-state index contributed by atoms with van der Waals surface area (Å²) in [5.74, 6) is 1.84. The molecule has 0 bridgehead atoms. The van der Waals surface area contributed by atoms with Crippen molar-refractivity contribution in [2.75, 3.05) is 39.5 Å². The molecule has 0 unspecified atom stereocenters. The molecule has 2 aliphatic rings. The Kier molecular flexibility index (Phi) is 7.98. The number of ether oxygens (including phenoxy) is 2. The molecule has 0 spiro atoms. The van der Waals surface area contributed by atoms with Gasteiger partial charge in [0.1, 0.15) is 0 Å². The molecule has 156 valence electrons. The van der Waals surface area contributed by atoms with Gasteiger partial charge in [-0.05, 0) is 31.0 Å². The summed E-state index contributed by atoms with van der Waals surface area (Å²) < 4.78 is 10.8. The highest BCUT2D eigenvalue weighted by atomic mass is 16.7. The monoisotopic (exact) mass is 389 g/mol. The first kappa shape index (κ1) is 20.9. The van der Waals surface area contributed by atoms with Crippen molar-refractivity contribution in [3.05, 3.63) is 23.8 Å². The van der Waals surface area contributed by atoms with Gasteiger partial charge in [0.05, 0.1) is 6.54 Å². The Morgan fingerprint density at radius 1 is 1.07 bits per heavy atom. The zero-order valence-corrected chi connectivity index (χ0v) is 17.4. The quantitative estimate of drug-likeness (QED) is 0.624. The lowest BCUT2D eigenvalue weighted by atomic mass is 10.1. The van der Waals surface area contributed by atoms with Crippen molar-refractivity contribution < 1.29 is 14.3 Å². The van der Waals surface area contributed by atoms with E-state index in [1.807, 2.05) is 6.07 Å². The number of hydrogen-bond acceptors (Lipinski definition) is 5. The minimum atomic E-state index is 0.159. The summed E-state index contributed by atoms with van der Waals surface area (Å²) >= 11 is 0. The number of nitrogens with zero attached hydrogens (tertiary/aromatic N) is 2. The molecule has 0 aliphatic carbocycles. The van der Waals surface area contributed by atoms with Crippen LogP contribution in [0.3, 0.4) is 0 Å². The second kappa shape index (κ2) is 10.7. The van der Waals surface area contributed by atoms with Gasteiger partial charge in [0.2, 0.25) is 12.7 Å². The third-order valence-electron chi connectivity index (χ3n) is 5.57. The van der Waals surface area contributed by atoms with Crippen molar-refractivity contribution in [1.29, 1.82) is 0 Å². The van der Waals surface area contributed by atoms with Crippen molar-refractivity contribution in [3.8, 4) is 11.5 Å². The summed E-state index contributed by atoms with van der Waals surface area (Å²) in [5, 5.41) is 3.16. The van der Waals surface area contributed by atoms with Gasteiger partial charge < -0.3 is 14.8 Å². The van der Waals surface area contributed by atoms with Crippen molar-refractivity contribution in [2.45, 2.75) is 58.5 Å². The van der Waals surface area contributed by atoms with E-state index in [1.165, 1.54) is 31.2 Å². The second-order valence-electron chi connectivity index (χ2n) is 8.06. The number of fused-ring (bicyclic) bond motifs is 1. The molecule has 1 amide bonds. The Morgan fingerprint density at radius 2 is 1.82 bits per heavy atom. The first-order valence-corrected chi connectivity index (χ1v) is 10.8. The number of amides is 1. The Bertz CT molecular complexity index is 629. The molecule has 2 aliphatic heterocycles. The van der Waals surface area contributed by atoms with E-state index in [4.69, 9.17) is 9.47 Å². The molecule has 1 fully saturated rings. The minimum absolute atomic E-state index is 0.159. The standard InChI is InChI=1S/C22H35N3O3/c1-3-4-5-6-7-18(2)23-22(26)16-25-12-10-24(11-13-25)15-19-8-9-20-21(14-19)28-17-27-20/h8-9,14,18H,3-7,10-13,15-17H2,1-2H3,(H,23,26)/t18-/m0/s1. The zero-order valence-electron chi connectivity index (χ0n) is 17.4. The van der Waals surface area contributed by atoms with E-state index in [0.29, 0.717) is 13.3 Å². The normalized spacial score (nSPS) is 18.2. The Balaban J connectivity index is 1.33. The molecule has 1 N–H and O–H groups in total. The van der Waals surface area contributed by atoms with Crippen LogP contribution in [0.15, 0.2) is 18.2 Å². The molecule has 3 rings (SSSR count). The number of carbonyl (C=O) groups excluding carboxylic acids is 1. The molecule has 1 atom stereocenters. The number of carbonyl (C=O) groups is 1. The minimum Gasteiger partial charge on any atom is -0.454 e. The van der Waals surface area contributed by atoms with Crippen LogP contribution in [0.25, 0.3) is 0 Å². The number of hydrogen-bond donors (Lipinski definition) is 1. The first-order chi connectivity index (χ1) is 13.6. The van der Waals surface area contributed by atoms with Crippen molar-refractivity contribution >= 4 is 5.91 Å². The van der Waals surface area contributed by atoms with E-state index in [9.17, 15) is 4.79 Å². The molecular weight excluding hydrogens is 354 g/mol. The van der Waals surface area contributed by atoms with Gasteiger partial charge in [-0.25, -0.2) is 0 Å². The van der Waals surface area contributed by atoms with Crippen molar-refractivity contribution in [2.24, 2.45) is 0 Å². The number of piperazine rings is 1. The van der Waals surface area contributed by atoms with Crippen LogP contribution in [0.4, 0.5) is 0 Å². The Hall–Kier alpha value is -1.79. The lowest BCUT2D eigenvalue weighted by Gasteiger charge is -2.34. The van der Waals surface area contributed by atoms with Crippen LogP contribution in [0.5, 0.6) is 11.5 Å². The maximum Gasteiger partial charge on any atom is 0.234 e. The van der Waals surface area contributed by atoms with E-state index < -0.39 is 0 Å². The summed E-state index contributed by atoms with van der Waals surface area (Å²) in [4.78, 5) is 17.0. The summed E-state index contributed by atoms with van der Waals surface area (Å²) in [6, 6.07) is 6.44. The number of unbranched alkanes of at least 4 members (excludes halogenated alkanes) is 3. The Labute approximate surface area is 169 Å². The second-order valence-corrected chi connectivity index (χ2v) is 8.06. The third kappa shape index (κ3) is 6.38. The van der Waals surface area contributed by atoms with Gasteiger partial charge in [0, 0.05) is 38.8 Å². The predicted molar refractivity (Wildman–Crippen MR) is 111 cm³/mol. The van der Waals surface area contributed by atoms with Crippen LogP contribution in [0.1, 0.15) is 51.5 Å². The smallest absolute Gasteiger partial charge is 0.234 e. The van der Waals surface area contributed by atoms with Gasteiger partial charge in [-0.1, -0.05) is 38.7 Å². The van der Waals surface area contributed by atoms with Crippen molar-refractivity contribution in [1.82, 2.24) is 15.1 Å². The van der Waals surface area contributed by atoms with E-state index in [0.717, 1.165) is 50.6 Å². The van der Waals surface area contributed by atoms with Crippen molar-refractivity contribution in [3.63, 3.8) is 0 Å². The molecule has 6 heteroatoms. The third-order valence-corrected chi connectivity index (χ3v) is 5.57. The molecule has 1 aromatic rings. The van der Waals surface area contributed by atoms with E-state index in [2.05, 4.69) is 41.1 Å². The van der Waals surface area contributed by atoms with Gasteiger partial charge in [-0.3, -0.25) is 14.6 Å². The number of rotatable bonds is 10. The highest BCUT2D eigenvalue weighted by molar-refractivity contribution is 5.78. The van der Waals surface area contributed by atoms with Crippen LogP contribution >= 0.6 is 0 Å². The van der Waals surface area contributed by atoms with Crippen LogP contribution in [0.2, 0.25) is 0 Å². The molecule has 0 radical (unpaired) electrons. The summed E-state index contributed by atoms with van der Waals surface area (Å²) in [7, 11) is 0. The lowest BCUT2D eigenvalue weighted by molar-refractivity contribution is -0.123. The van der Waals surface area contributed by atoms with E-state index in [1.54, 1.807) is 0 Å². The highest BCUT2D eigenvalue weighted by Crippen LogP contribution is 2.32. The van der Waals surface area contributed by atoms with Crippen LogP contribution in [-0.2, 0) is 11.3 Å². The van der Waals surface area contributed by atoms with Crippen LogP contribution < -0.4 is 14.8 Å². The average molecular weight is 390 g/mol. The molecule has 0 aromatic heterocycles. The maximum absolute atomic E-state index is 12.3. The van der Waals surface area contributed by atoms with Gasteiger partial charge in [0.15, 0.2) is 11.5 Å². The molecular formula is C22H35N3O3. The fraction of sp³-hybridized carbons (Fsp3) is 0.682. The number of nitrogens with one attached hydrogen (secondary N) is 1. The molecule has 0 saturated carbocycles. The summed E-state index contributed by atoms with van der Waals surface area (Å²) in [5.41, 5.74) is 1.24. The average Bonchev–Trinajstić information content (AvgIpc) is 3.14. The predicted octanol–water partition coefficient (Wildman–Crippen LogP) is 3.01.